The van der Waals surface area contributed by atoms with Crippen molar-refractivity contribution in [2.75, 3.05) is 6.61 Å². The lowest BCUT2D eigenvalue weighted by atomic mass is 9.99. The van der Waals surface area contributed by atoms with Crippen LogP contribution in [0.25, 0.3) is 22.9 Å². The number of aromatic nitrogens is 2. The van der Waals surface area contributed by atoms with Crippen molar-refractivity contribution in [1.29, 1.82) is 5.26 Å². The van der Waals surface area contributed by atoms with Crippen LogP contribution in [-0.2, 0) is 11.2 Å². The first kappa shape index (κ1) is 26.0. The fraction of sp³-hybridized carbons (Fsp3) is 0.148. The molecule has 2 aromatic heterocycles. The molecule has 0 saturated heterocycles. The Balaban J connectivity index is 1.79. The summed E-state index contributed by atoms with van der Waals surface area (Å²) >= 11 is 20.0. The van der Waals surface area contributed by atoms with Crippen LogP contribution < -0.4 is 0 Å². The molecule has 9 heteroatoms. The average molecular weight is 557 g/mol. The number of hydrogen-bond acceptors (Lipinski definition) is 5. The third-order valence-corrected chi connectivity index (χ3v) is 7.19. The highest BCUT2D eigenvalue weighted by Gasteiger charge is 2.23. The van der Waals surface area contributed by atoms with Gasteiger partial charge in [-0.15, -0.1) is 11.3 Å². The third-order valence-electron chi connectivity index (χ3n) is 5.46. The van der Waals surface area contributed by atoms with Crippen LogP contribution in [0, 0.1) is 18.3 Å². The van der Waals surface area contributed by atoms with Crippen LogP contribution in [0.3, 0.4) is 0 Å². The molecule has 0 aliphatic carbocycles. The van der Waals surface area contributed by atoms with E-state index in [2.05, 4.69) is 16.0 Å². The number of carbonyl (C=O) groups excluding carboxylic acids is 1. The largest absolute Gasteiger partial charge is 0.462 e. The zero-order valence-corrected chi connectivity index (χ0v) is 22.4. The second-order valence-corrected chi connectivity index (χ2v) is 10.0. The smallest absolute Gasteiger partial charge is 0.340 e. The molecular formula is C27H20Cl3N3O2S. The highest BCUT2D eigenvalue weighted by atomic mass is 35.5. The first-order valence-corrected chi connectivity index (χ1v) is 13.0. The fourth-order valence-corrected chi connectivity index (χ4v) is 5.09. The molecule has 4 aromatic rings. The molecule has 0 amide bonds. The molecule has 0 bridgehead atoms. The lowest BCUT2D eigenvalue weighted by Gasteiger charge is -2.09. The van der Waals surface area contributed by atoms with Gasteiger partial charge in [-0.3, -0.25) is 0 Å². The molecule has 4 rings (SSSR count). The number of H-pyrrole nitrogens is 1. The first-order valence-electron chi connectivity index (χ1n) is 11.0. The quantitative estimate of drug-likeness (QED) is 0.184. The number of allylic oxidation sites excluding steroid dienone is 1. The number of rotatable bonds is 7. The topological polar surface area (TPSA) is 78.8 Å². The molecule has 0 spiro atoms. The van der Waals surface area contributed by atoms with Gasteiger partial charge >= 0.3 is 5.97 Å². The minimum atomic E-state index is -0.447. The lowest BCUT2D eigenvalue weighted by molar-refractivity contribution is 0.0524. The van der Waals surface area contributed by atoms with E-state index < -0.39 is 5.97 Å². The zero-order chi connectivity index (χ0) is 25.8. The van der Waals surface area contributed by atoms with E-state index in [0.29, 0.717) is 54.6 Å². The highest BCUT2D eigenvalue weighted by Crippen LogP contribution is 2.32. The van der Waals surface area contributed by atoms with E-state index in [0.717, 1.165) is 16.8 Å². The van der Waals surface area contributed by atoms with Crippen molar-refractivity contribution in [2.45, 2.75) is 20.3 Å². The van der Waals surface area contributed by atoms with Crippen molar-refractivity contribution in [3.05, 3.63) is 96.0 Å². The zero-order valence-electron chi connectivity index (χ0n) is 19.4. The van der Waals surface area contributed by atoms with Crippen LogP contribution in [0.5, 0.6) is 0 Å². The number of benzene rings is 2. The molecule has 0 fully saturated rings. The van der Waals surface area contributed by atoms with Crippen LogP contribution in [0.4, 0.5) is 0 Å². The number of halogens is 3. The Morgan fingerprint density at radius 3 is 2.58 bits per heavy atom. The van der Waals surface area contributed by atoms with Crippen molar-refractivity contribution >= 4 is 63.8 Å². The fourth-order valence-electron chi connectivity index (χ4n) is 3.79. The van der Waals surface area contributed by atoms with E-state index in [1.165, 1.54) is 11.3 Å². The monoisotopic (exact) mass is 555 g/mol. The normalized spacial score (nSPS) is 11.4. The van der Waals surface area contributed by atoms with Crippen molar-refractivity contribution in [1.82, 2.24) is 9.97 Å². The van der Waals surface area contributed by atoms with Crippen LogP contribution in [-0.4, -0.2) is 22.5 Å². The summed E-state index contributed by atoms with van der Waals surface area (Å²) in [6.07, 6.45) is 2.02. The number of aryl methyl sites for hydroxylation is 1. The van der Waals surface area contributed by atoms with E-state index in [1.54, 1.807) is 50.3 Å². The number of ether oxygens (including phenoxy) is 1. The molecule has 0 atom stereocenters. The minimum absolute atomic E-state index is 0.238. The molecule has 0 aliphatic heterocycles. The van der Waals surface area contributed by atoms with Crippen molar-refractivity contribution in [2.24, 2.45) is 0 Å². The molecule has 0 unspecified atom stereocenters. The van der Waals surface area contributed by atoms with E-state index in [4.69, 9.17) is 39.5 Å². The second kappa shape index (κ2) is 11.3. The lowest BCUT2D eigenvalue weighted by Crippen LogP contribution is -2.08. The summed E-state index contributed by atoms with van der Waals surface area (Å²) in [6.45, 7) is 3.78. The Morgan fingerprint density at radius 2 is 1.89 bits per heavy atom. The predicted molar refractivity (Wildman–Crippen MR) is 147 cm³/mol. The summed E-state index contributed by atoms with van der Waals surface area (Å²) in [5.41, 5.74) is 5.06. The first-order chi connectivity index (χ1) is 17.3. The van der Waals surface area contributed by atoms with E-state index >= 15 is 0 Å². The minimum Gasteiger partial charge on any atom is -0.462 e. The molecule has 1 N–H and O–H groups in total. The summed E-state index contributed by atoms with van der Waals surface area (Å²) in [5, 5.41) is 14.1. The predicted octanol–water partition coefficient (Wildman–Crippen LogP) is 8.24. The molecule has 2 aromatic carbocycles. The molecule has 5 nitrogen and oxygen atoms in total. The van der Waals surface area contributed by atoms with Gasteiger partial charge in [-0.2, -0.15) is 5.26 Å². The maximum atomic E-state index is 12.8. The molecule has 182 valence electrons. The SMILES string of the molecule is CCOC(=O)c1c(C)[nH]c(/C=C(\C#N)c2nc(-c3ccc(Cl)cc3)cs2)c1Cc1cc(Cl)ccc1Cl. The number of nitriles is 1. The highest BCUT2D eigenvalue weighted by molar-refractivity contribution is 7.11. The van der Waals surface area contributed by atoms with Crippen LogP contribution in [0.2, 0.25) is 15.1 Å². The molecular weight excluding hydrogens is 537 g/mol. The second-order valence-electron chi connectivity index (χ2n) is 7.86. The molecule has 0 radical (unpaired) electrons. The summed E-state index contributed by atoms with van der Waals surface area (Å²) in [5.74, 6) is -0.447. The summed E-state index contributed by atoms with van der Waals surface area (Å²) < 4.78 is 5.31. The number of aromatic amines is 1. The van der Waals surface area contributed by atoms with Gasteiger partial charge in [0.1, 0.15) is 11.1 Å². The van der Waals surface area contributed by atoms with Crippen molar-refractivity contribution in [3.8, 4) is 17.3 Å². The standard InChI is InChI=1S/C27H20Cl3N3O2S/c1-3-35-27(34)25-15(2)32-23(21(25)11-17-10-20(29)8-9-22(17)30)12-18(13-31)26-33-24(14-36-26)16-4-6-19(28)7-5-16/h4-10,12,14,32H,3,11H2,1-2H3/b18-12+. The summed E-state index contributed by atoms with van der Waals surface area (Å²) in [7, 11) is 0. The Labute approximate surface area is 227 Å². The number of thiazole rings is 1. The number of hydrogen-bond donors (Lipinski definition) is 1. The molecule has 36 heavy (non-hydrogen) atoms. The Kier molecular flexibility index (Phi) is 8.17. The van der Waals surface area contributed by atoms with E-state index in [1.807, 2.05) is 17.5 Å². The van der Waals surface area contributed by atoms with Gasteiger partial charge in [-0.1, -0.05) is 46.9 Å². The number of carbonyl (C=O) groups is 1. The Morgan fingerprint density at radius 1 is 1.17 bits per heavy atom. The third kappa shape index (κ3) is 5.66. The maximum absolute atomic E-state index is 12.8. The van der Waals surface area contributed by atoms with Crippen LogP contribution in [0.15, 0.2) is 47.8 Å². The van der Waals surface area contributed by atoms with Crippen molar-refractivity contribution < 1.29 is 9.53 Å². The summed E-state index contributed by atoms with van der Waals surface area (Å²) in [4.78, 5) is 20.7. The van der Waals surface area contributed by atoms with Gasteiger partial charge in [0.15, 0.2) is 0 Å². The van der Waals surface area contributed by atoms with E-state index in [-0.39, 0.29) is 6.61 Å². The van der Waals surface area contributed by atoms with Crippen molar-refractivity contribution in [3.63, 3.8) is 0 Å². The average Bonchev–Trinajstić information content (AvgIpc) is 3.45. The van der Waals surface area contributed by atoms with Crippen LogP contribution in [0.1, 0.15) is 44.8 Å². The van der Waals surface area contributed by atoms with Gasteiger partial charge in [-0.05, 0) is 61.4 Å². The van der Waals surface area contributed by atoms with Crippen LogP contribution >= 0.6 is 46.1 Å². The summed E-state index contributed by atoms with van der Waals surface area (Å²) in [6, 6.07) is 14.8. The van der Waals surface area contributed by atoms with Gasteiger partial charge in [0.2, 0.25) is 0 Å². The molecule has 0 aliphatic rings. The van der Waals surface area contributed by atoms with Gasteiger partial charge in [-0.25, -0.2) is 9.78 Å². The van der Waals surface area contributed by atoms with Gasteiger partial charge in [0.05, 0.1) is 23.4 Å². The number of nitrogens with one attached hydrogen (secondary N) is 1. The van der Waals surface area contributed by atoms with E-state index in [9.17, 15) is 10.1 Å². The maximum Gasteiger partial charge on any atom is 0.340 e. The van der Waals surface area contributed by atoms with Gasteiger partial charge in [0.25, 0.3) is 0 Å². The van der Waals surface area contributed by atoms with Gasteiger partial charge < -0.3 is 9.72 Å². The molecule has 0 saturated carbocycles. The number of esters is 1. The Bertz CT molecular complexity index is 1500. The van der Waals surface area contributed by atoms with Gasteiger partial charge in [0, 0.05) is 43.8 Å². The Hall–Kier alpha value is -3.08. The molecule has 2 heterocycles. The number of nitrogens with zero attached hydrogens (tertiary/aromatic N) is 2.